The van der Waals surface area contributed by atoms with Gasteiger partial charge in [-0.05, 0) is 67.8 Å². The average molecular weight is 498 g/mol. The van der Waals surface area contributed by atoms with E-state index in [9.17, 15) is 23.5 Å². The number of benzene rings is 3. The van der Waals surface area contributed by atoms with E-state index in [1.165, 1.54) is 32.9 Å². The van der Waals surface area contributed by atoms with Crippen LogP contribution in [0.4, 0.5) is 8.78 Å². The summed E-state index contributed by atoms with van der Waals surface area (Å²) < 4.78 is 37.2. The van der Waals surface area contributed by atoms with E-state index in [4.69, 9.17) is 9.47 Å². The molecule has 0 saturated carbocycles. The highest BCUT2D eigenvalue weighted by Gasteiger charge is 2.30. The van der Waals surface area contributed by atoms with Crippen LogP contribution in [-0.2, 0) is 22.7 Å². The number of carbonyl (C=O) groups is 2. The Bertz CT molecular complexity index is 1220. The molecule has 8 heteroatoms. The first-order valence-corrected chi connectivity index (χ1v) is 11.4. The number of carboxylic acids is 1. The predicted molar refractivity (Wildman–Crippen MR) is 131 cm³/mol. The highest BCUT2D eigenvalue weighted by atomic mass is 19.3. The second-order valence-corrected chi connectivity index (χ2v) is 9.01. The van der Waals surface area contributed by atoms with E-state index in [0.717, 1.165) is 16.7 Å². The first-order chi connectivity index (χ1) is 16.9. The van der Waals surface area contributed by atoms with Crippen LogP contribution in [0.15, 0.2) is 66.7 Å². The fourth-order valence-corrected chi connectivity index (χ4v) is 3.45. The molecule has 0 aliphatic rings. The quantitative estimate of drug-likeness (QED) is 0.345. The summed E-state index contributed by atoms with van der Waals surface area (Å²) in [5.41, 5.74) is 0.893. The van der Waals surface area contributed by atoms with Crippen molar-refractivity contribution in [3.8, 4) is 17.2 Å². The highest BCUT2D eigenvalue weighted by Crippen LogP contribution is 2.30. The molecule has 0 heterocycles. The number of hydrogen-bond donors (Lipinski definition) is 1. The molecule has 0 radical (unpaired) electrons. The Morgan fingerprint density at radius 1 is 0.944 bits per heavy atom. The topological polar surface area (TPSA) is 76.1 Å². The van der Waals surface area contributed by atoms with Crippen molar-refractivity contribution in [2.45, 2.75) is 52.8 Å². The monoisotopic (exact) mass is 497 g/mol. The minimum atomic E-state index is -2.53. The smallest absolute Gasteiger partial charge is 0.347 e. The number of amides is 1. The number of nitrogens with zero attached hydrogens (tertiary/aromatic N) is 1. The lowest BCUT2D eigenvalue weighted by atomic mass is 10.1. The average Bonchev–Trinajstić information content (AvgIpc) is 2.81. The second kappa shape index (κ2) is 11.2. The number of aryl methyl sites for hydroxylation is 1. The summed E-state index contributed by atoms with van der Waals surface area (Å²) in [6, 6.07) is 18.4. The van der Waals surface area contributed by atoms with Crippen LogP contribution in [0.5, 0.6) is 17.2 Å². The molecule has 190 valence electrons. The van der Waals surface area contributed by atoms with Crippen LogP contribution in [0.25, 0.3) is 0 Å². The van der Waals surface area contributed by atoms with Crippen molar-refractivity contribution < 1.29 is 33.0 Å². The highest BCUT2D eigenvalue weighted by molar-refractivity contribution is 5.77. The number of aliphatic carboxylic acids is 1. The minimum Gasteiger partial charge on any atom is -0.478 e. The molecule has 1 amide bonds. The zero-order chi connectivity index (χ0) is 26.5. The van der Waals surface area contributed by atoms with Gasteiger partial charge in [-0.15, -0.1) is 0 Å². The predicted octanol–water partition coefficient (Wildman–Crippen LogP) is 6.52. The summed E-state index contributed by atoms with van der Waals surface area (Å²) in [6.07, 6.45) is -2.53. The van der Waals surface area contributed by atoms with Crippen LogP contribution in [0, 0.1) is 6.92 Å². The third kappa shape index (κ3) is 7.04. The van der Waals surface area contributed by atoms with Gasteiger partial charge in [-0.25, -0.2) is 13.6 Å². The first-order valence-electron chi connectivity index (χ1n) is 11.4. The molecule has 0 aliphatic carbocycles. The lowest BCUT2D eigenvalue weighted by molar-refractivity contribution is -0.152. The van der Waals surface area contributed by atoms with E-state index < -0.39 is 18.0 Å². The number of ether oxygens (including phenoxy) is 2. The zero-order valence-corrected chi connectivity index (χ0v) is 20.6. The normalized spacial score (nSPS) is 11.3. The maximum atomic E-state index is 12.8. The maximum Gasteiger partial charge on any atom is 0.347 e. The Morgan fingerprint density at radius 3 is 2.17 bits per heavy atom. The number of carboxylic acid groups (broad SMARTS) is 1. The van der Waals surface area contributed by atoms with Crippen LogP contribution in [0.3, 0.4) is 0 Å². The van der Waals surface area contributed by atoms with Gasteiger partial charge in [0.1, 0.15) is 17.2 Å². The van der Waals surface area contributed by atoms with E-state index in [1.54, 1.807) is 48.2 Å². The third-order valence-corrected chi connectivity index (χ3v) is 5.58. The molecule has 36 heavy (non-hydrogen) atoms. The van der Waals surface area contributed by atoms with E-state index in [2.05, 4.69) is 0 Å². The van der Waals surface area contributed by atoms with Crippen molar-refractivity contribution in [1.29, 1.82) is 0 Å². The standard InChI is InChI=1S/C28H29F2NO5/c1-18-14-24(12-13-25(18)36-28(3,4)27(33)34)35-23-7-5-6-21(15-23)17-31(19(2)32)16-20-8-10-22(11-9-20)26(29)30/h5-15,26H,16-17H2,1-4H3,(H,33,34). The van der Waals surface area contributed by atoms with Gasteiger partial charge < -0.3 is 19.5 Å². The van der Waals surface area contributed by atoms with E-state index in [0.29, 0.717) is 23.8 Å². The number of rotatable bonds is 10. The molecule has 6 nitrogen and oxygen atoms in total. The molecule has 0 bridgehead atoms. The van der Waals surface area contributed by atoms with Crippen molar-refractivity contribution in [1.82, 2.24) is 4.90 Å². The van der Waals surface area contributed by atoms with Gasteiger partial charge in [0, 0.05) is 25.6 Å². The van der Waals surface area contributed by atoms with Crippen LogP contribution in [0.1, 0.15) is 49.5 Å². The van der Waals surface area contributed by atoms with Gasteiger partial charge in [-0.2, -0.15) is 0 Å². The largest absolute Gasteiger partial charge is 0.478 e. The Hall–Kier alpha value is -3.94. The lowest BCUT2D eigenvalue weighted by Gasteiger charge is -2.23. The van der Waals surface area contributed by atoms with Gasteiger partial charge in [0.05, 0.1) is 0 Å². The summed E-state index contributed by atoms with van der Waals surface area (Å²) in [4.78, 5) is 25.2. The third-order valence-electron chi connectivity index (χ3n) is 5.58. The summed E-state index contributed by atoms with van der Waals surface area (Å²) in [6.45, 7) is 6.83. The van der Waals surface area contributed by atoms with Gasteiger partial charge in [0.2, 0.25) is 5.91 Å². The molecule has 0 aliphatic heterocycles. The second-order valence-electron chi connectivity index (χ2n) is 9.01. The summed E-state index contributed by atoms with van der Waals surface area (Å²) in [5.74, 6) is 0.352. The summed E-state index contributed by atoms with van der Waals surface area (Å²) in [7, 11) is 0. The molecular formula is C28H29F2NO5. The summed E-state index contributed by atoms with van der Waals surface area (Å²) >= 11 is 0. The Kier molecular flexibility index (Phi) is 8.29. The molecule has 3 rings (SSSR count). The van der Waals surface area contributed by atoms with E-state index >= 15 is 0 Å². The van der Waals surface area contributed by atoms with Gasteiger partial charge in [-0.1, -0.05) is 36.4 Å². The number of carbonyl (C=O) groups excluding carboxylic acids is 1. The van der Waals surface area contributed by atoms with Crippen molar-refractivity contribution in [2.75, 3.05) is 0 Å². The number of hydrogen-bond acceptors (Lipinski definition) is 4. The Morgan fingerprint density at radius 2 is 1.58 bits per heavy atom. The Labute approximate surface area is 209 Å². The van der Waals surface area contributed by atoms with E-state index in [1.807, 2.05) is 18.2 Å². The van der Waals surface area contributed by atoms with Crippen molar-refractivity contribution in [2.24, 2.45) is 0 Å². The molecule has 3 aromatic carbocycles. The van der Waals surface area contributed by atoms with Crippen molar-refractivity contribution in [3.05, 3.63) is 89.0 Å². The first kappa shape index (κ1) is 26.7. The SMILES string of the molecule is CC(=O)N(Cc1ccc(C(F)F)cc1)Cc1cccc(Oc2ccc(OC(C)(C)C(=O)O)c(C)c2)c1. The lowest BCUT2D eigenvalue weighted by Crippen LogP contribution is -2.38. The Balaban J connectivity index is 1.70. The van der Waals surface area contributed by atoms with Crippen LogP contribution >= 0.6 is 0 Å². The molecule has 0 unspecified atom stereocenters. The molecule has 0 aromatic heterocycles. The van der Waals surface area contributed by atoms with E-state index in [-0.39, 0.29) is 18.0 Å². The van der Waals surface area contributed by atoms with Gasteiger partial charge in [0.15, 0.2) is 5.60 Å². The molecule has 0 fully saturated rings. The van der Waals surface area contributed by atoms with Crippen molar-refractivity contribution in [3.63, 3.8) is 0 Å². The van der Waals surface area contributed by atoms with Crippen LogP contribution in [0.2, 0.25) is 0 Å². The molecule has 3 aromatic rings. The molecular weight excluding hydrogens is 468 g/mol. The number of alkyl halides is 2. The van der Waals surface area contributed by atoms with Crippen molar-refractivity contribution >= 4 is 11.9 Å². The minimum absolute atomic E-state index is 0.0570. The van der Waals surface area contributed by atoms with Gasteiger partial charge in [-0.3, -0.25) is 4.79 Å². The van der Waals surface area contributed by atoms with Gasteiger partial charge >= 0.3 is 5.97 Å². The molecule has 1 N–H and O–H groups in total. The molecule has 0 spiro atoms. The molecule has 0 saturated heterocycles. The summed E-state index contributed by atoms with van der Waals surface area (Å²) in [5, 5.41) is 9.28. The number of halogens is 2. The molecule has 0 atom stereocenters. The van der Waals surface area contributed by atoms with Crippen LogP contribution < -0.4 is 9.47 Å². The van der Waals surface area contributed by atoms with Crippen LogP contribution in [-0.4, -0.2) is 27.5 Å². The van der Waals surface area contributed by atoms with Gasteiger partial charge in [0.25, 0.3) is 6.43 Å². The fraction of sp³-hybridized carbons (Fsp3) is 0.286. The maximum absolute atomic E-state index is 12.8. The fourth-order valence-electron chi connectivity index (χ4n) is 3.45. The zero-order valence-electron chi connectivity index (χ0n) is 20.6.